The maximum Gasteiger partial charge on any atom is 0.208 e. The summed E-state index contributed by atoms with van der Waals surface area (Å²) in [4.78, 5) is 9.28. The molecule has 0 spiro atoms. The summed E-state index contributed by atoms with van der Waals surface area (Å²) in [5.41, 5.74) is 0.906. The van der Waals surface area contributed by atoms with Crippen LogP contribution in [0.15, 0.2) is 24.4 Å². The van der Waals surface area contributed by atoms with Crippen molar-refractivity contribution in [2.75, 3.05) is 50.8 Å². The molecule has 24 heavy (non-hydrogen) atoms. The normalized spacial score (nSPS) is 20.4. The van der Waals surface area contributed by atoms with E-state index < -0.39 is 0 Å². The maximum atomic E-state index is 5.43. The molecule has 0 saturated carbocycles. The van der Waals surface area contributed by atoms with Crippen LogP contribution in [0.25, 0.3) is 10.7 Å². The second-order valence-corrected chi connectivity index (χ2v) is 7.40. The summed E-state index contributed by atoms with van der Waals surface area (Å²) in [5, 5.41) is 10.6. The zero-order valence-electron chi connectivity index (χ0n) is 13.8. The van der Waals surface area contributed by atoms with Gasteiger partial charge in [0.05, 0.1) is 13.2 Å². The van der Waals surface area contributed by atoms with E-state index in [1.165, 1.54) is 19.4 Å². The van der Waals surface area contributed by atoms with Gasteiger partial charge in [-0.2, -0.15) is 0 Å². The summed E-state index contributed by atoms with van der Waals surface area (Å²) >= 11 is 1.64. The van der Waals surface area contributed by atoms with E-state index in [4.69, 9.17) is 4.74 Å². The third-order valence-corrected chi connectivity index (χ3v) is 5.81. The van der Waals surface area contributed by atoms with E-state index in [-0.39, 0.29) is 0 Å². The van der Waals surface area contributed by atoms with Crippen LogP contribution in [0.2, 0.25) is 0 Å². The molecule has 0 radical (unpaired) electrons. The van der Waals surface area contributed by atoms with E-state index in [9.17, 15) is 0 Å². The van der Waals surface area contributed by atoms with Crippen LogP contribution in [-0.4, -0.2) is 66.0 Å². The van der Waals surface area contributed by atoms with Crippen LogP contribution < -0.4 is 4.90 Å². The first-order chi connectivity index (χ1) is 11.9. The molecule has 0 atom stereocenters. The second-order valence-electron chi connectivity index (χ2n) is 6.45. The van der Waals surface area contributed by atoms with Gasteiger partial charge in [-0.05, 0) is 30.9 Å². The Balaban J connectivity index is 1.32. The molecule has 2 aliphatic heterocycles. The van der Waals surface area contributed by atoms with E-state index in [1.54, 1.807) is 17.5 Å². The van der Waals surface area contributed by atoms with Crippen molar-refractivity contribution in [3.05, 3.63) is 24.4 Å². The number of aromatic nitrogens is 3. The van der Waals surface area contributed by atoms with Crippen LogP contribution in [0.1, 0.15) is 12.8 Å². The third kappa shape index (κ3) is 3.74. The monoisotopic (exact) mass is 345 g/mol. The first-order valence-corrected chi connectivity index (χ1v) is 9.50. The van der Waals surface area contributed by atoms with Crippen LogP contribution in [0.4, 0.5) is 5.13 Å². The molecule has 4 heterocycles. The average Bonchev–Trinajstić information content (AvgIpc) is 3.14. The topological polar surface area (TPSA) is 54.4 Å². The fourth-order valence-corrected chi connectivity index (χ4v) is 4.26. The number of pyridine rings is 1. The molecule has 0 amide bonds. The first-order valence-electron chi connectivity index (χ1n) is 8.68. The number of morpholine rings is 1. The lowest BCUT2D eigenvalue weighted by Crippen LogP contribution is -2.42. The zero-order chi connectivity index (χ0) is 16.2. The van der Waals surface area contributed by atoms with Crippen LogP contribution in [0, 0.1) is 5.92 Å². The van der Waals surface area contributed by atoms with E-state index in [2.05, 4.69) is 25.0 Å². The van der Waals surface area contributed by atoms with Crippen molar-refractivity contribution in [2.24, 2.45) is 5.92 Å². The summed E-state index contributed by atoms with van der Waals surface area (Å²) < 4.78 is 5.43. The molecule has 0 unspecified atom stereocenters. The number of piperidine rings is 1. The highest BCUT2D eigenvalue weighted by molar-refractivity contribution is 7.18. The molecule has 0 N–H and O–H groups in total. The highest BCUT2D eigenvalue weighted by Gasteiger charge is 2.24. The standard InChI is InChI=1S/C17H23N5OS/c1-2-6-18-15(3-1)16-19-20-17(24-16)22-7-4-14(5-8-22)13-21-9-11-23-12-10-21/h1-3,6,14H,4-5,7-13H2. The Bertz CT molecular complexity index is 635. The molecule has 4 rings (SSSR count). The molecule has 2 aliphatic rings. The molecule has 0 bridgehead atoms. The van der Waals surface area contributed by atoms with Gasteiger partial charge in [-0.25, -0.2) is 0 Å². The molecular weight excluding hydrogens is 322 g/mol. The molecule has 0 aromatic carbocycles. The van der Waals surface area contributed by atoms with Crippen molar-refractivity contribution in [3.8, 4) is 10.7 Å². The van der Waals surface area contributed by atoms with Gasteiger partial charge in [-0.1, -0.05) is 17.4 Å². The van der Waals surface area contributed by atoms with Gasteiger partial charge in [0.1, 0.15) is 5.69 Å². The average molecular weight is 345 g/mol. The SMILES string of the molecule is c1ccc(-c2nnc(N3CCC(CN4CCOCC4)CC3)s2)nc1. The highest BCUT2D eigenvalue weighted by atomic mass is 32.1. The van der Waals surface area contributed by atoms with Crippen LogP contribution in [0.5, 0.6) is 0 Å². The predicted molar refractivity (Wildman–Crippen MR) is 95.3 cm³/mol. The molecule has 2 fully saturated rings. The lowest BCUT2D eigenvalue weighted by Gasteiger charge is -2.35. The zero-order valence-corrected chi connectivity index (χ0v) is 14.6. The van der Waals surface area contributed by atoms with Crippen LogP contribution in [-0.2, 0) is 4.74 Å². The number of rotatable bonds is 4. The van der Waals surface area contributed by atoms with Crippen molar-refractivity contribution in [1.29, 1.82) is 0 Å². The summed E-state index contributed by atoms with van der Waals surface area (Å²) in [6.45, 7) is 7.32. The fraction of sp³-hybridized carbons (Fsp3) is 0.588. The molecular formula is C17H23N5OS. The molecule has 6 nitrogen and oxygen atoms in total. The van der Waals surface area contributed by atoms with Gasteiger partial charge in [0, 0.05) is 38.9 Å². The first kappa shape index (κ1) is 15.9. The molecule has 0 aliphatic carbocycles. The van der Waals surface area contributed by atoms with Gasteiger partial charge >= 0.3 is 0 Å². The highest BCUT2D eigenvalue weighted by Crippen LogP contribution is 2.30. The lowest BCUT2D eigenvalue weighted by atomic mass is 9.96. The van der Waals surface area contributed by atoms with Crippen molar-refractivity contribution in [2.45, 2.75) is 12.8 Å². The van der Waals surface area contributed by atoms with Crippen molar-refractivity contribution in [1.82, 2.24) is 20.1 Å². The Hall–Kier alpha value is -1.57. The van der Waals surface area contributed by atoms with E-state index in [1.807, 2.05) is 18.2 Å². The Kier molecular flexibility index (Phi) is 5.01. The van der Waals surface area contributed by atoms with Crippen molar-refractivity contribution in [3.63, 3.8) is 0 Å². The Morgan fingerprint density at radius 2 is 1.92 bits per heavy atom. The maximum absolute atomic E-state index is 5.43. The molecule has 2 aromatic heterocycles. The van der Waals surface area contributed by atoms with Crippen LogP contribution >= 0.6 is 11.3 Å². The largest absolute Gasteiger partial charge is 0.379 e. The Morgan fingerprint density at radius 3 is 2.67 bits per heavy atom. The number of ether oxygens (including phenoxy) is 1. The third-order valence-electron chi connectivity index (χ3n) is 4.80. The van der Waals surface area contributed by atoms with Gasteiger partial charge < -0.3 is 9.64 Å². The van der Waals surface area contributed by atoms with Crippen molar-refractivity contribution >= 4 is 16.5 Å². The number of hydrogen-bond donors (Lipinski definition) is 0. The number of anilines is 1. The van der Waals surface area contributed by atoms with Gasteiger partial charge in [0.25, 0.3) is 0 Å². The summed E-state index contributed by atoms with van der Waals surface area (Å²) in [7, 11) is 0. The van der Waals surface area contributed by atoms with E-state index in [0.29, 0.717) is 0 Å². The lowest BCUT2D eigenvalue weighted by molar-refractivity contribution is 0.0289. The van der Waals surface area contributed by atoms with E-state index >= 15 is 0 Å². The predicted octanol–water partition coefficient (Wildman–Crippen LogP) is 2.15. The van der Waals surface area contributed by atoms with Crippen LogP contribution in [0.3, 0.4) is 0 Å². The summed E-state index contributed by atoms with van der Waals surface area (Å²) in [5.74, 6) is 0.794. The quantitative estimate of drug-likeness (QED) is 0.846. The number of nitrogens with zero attached hydrogens (tertiary/aromatic N) is 5. The van der Waals surface area contributed by atoms with E-state index in [0.717, 1.165) is 61.1 Å². The minimum absolute atomic E-state index is 0.794. The minimum Gasteiger partial charge on any atom is -0.379 e. The number of hydrogen-bond acceptors (Lipinski definition) is 7. The molecule has 2 aromatic rings. The van der Waals surface area contributed by atoms with Crippen molar-refractivity contribution < 1.29 is 4.74 Å². The second kappa shape index (κ2) is 7.55. The Morgan fingerprint density at radius 1 is 1.08 bits per heavy atom. The van der Waals surface area contributed by atoms with Gasteiger partial charge in [-0.15, -0.1) is 10.2 Å². The van der Waals surface area contributed by atoms with Gasteiger partial charge in [0.2, 0.25) is 5.13 Å². The Labute approximate surface area is 146 Å². The minimum atomic E-state index is 0.794. The molecule has 2 saturated heterocycles. The van der Waals surface area contributed by atoms with Gasteiger partial charge in [0.15, 0.2) is 5.01 Å². The molecule has 128 valence electrons. The van der Waals surface area contributed by atoms with Gasteiger partial charge in [-0.3, -0.25) is 9.88 Å². The summed E-state index contributed by atoms with van der Waals surface area (Å²) in [6.07, 6.45) is 4.26. The fourth-order valence-electron chi connectivity index (χ4n) is 3.39. The molecule has 7 heteroatoms. The smallest absolute Gasteiger partial charge is 0.208 e. The summed E-state index contributed by atoms with van der Waals surface area (Å²) in [6, 6.07) is 5.89.